The van der Waals surface area contributed by atoms with E-state index in [0.717, 1.165) is 24.4 Å². The Kier molecular flexibility index (Phi) is 4.08. The van der Waals surface area contributed by atoms with E-state index in [0.29, 0.717) is 23.5 Å². The molecule has 1 N–H and O–H groups in total. The summed E-state index contributed by atoms with van der Waals surface area (Å²) in [6.07, 6.45) is 2.19. The molecule has 110 valence electrons. The Labute approximate surface area is 122 Å². The molecule has 20 heavy (non-hydrogen) atoms. The summed E-state index contributed by atoms with van der Waals surface area (Å²) in [4.78, 5) is 25.9. The zero-order valence-electron chi connectivity index (χ0n) is 11.9. The van der Waals surface area contributed by atoms with Crippen molar-refractivity contribution in [3.05, 3.63) is 10.6 Å². The highest BCUT2D eigenvalue weighted by Crippen LogP contribution is 2.29. The number of likely N-dealkylation sites (tertiary alicyclic amines) is 1. The molecule has 0 radical (unpaired) electrons. The summed E-state index contributed by atoms with van der Waals surface area (Å²) in [7, 11) is 0. The van der Waals surface area contributed by atoms with Crippen molar-refractivity contribution >= 4 is 23.4 Å². The second-order valence-electron chi connectivity index (χ2n) is 6.05. The standard InChI is InChI=1S/C13H19N3O3S/c1-13(2,3)10-9(20-15-14-10)11(17)16-7-5-4-6-8(16)12(18)19/h8H,4-7H2,1-3H3,(H,18,19)/t8-/m1/s1. The number of hydrogen-bond donors (Lipinski definition) is 1. The van der Waals surface area contributed by atoms with Crippen LogP contribution >= 0.6 is 11.5 Å². The molecule has 1 aromatic rings. The number of piperidine rings is 1. The normalized spacial score (nSPS) is 19.9. The first kappa shape index (κ1) is 14.9. The topological polar surface area (TPSA) is 83.4 Å². The lowest BCUT2D eigenvalue weighted by Crippen LogP contribution is -2.48. The molecule has 0 spiro atoms. The van der Waals surface area contributed by atoms with E-state index in [1.54, 1.807) is 0 Å². The highest BCUT2D eigenvalue weighted by molar-refractivity contribution is 7.08. The molecule has 1 aromatic heterocycles. The fourth-order valence-corrected chi connectivity index (χ4v) is 3.22. The van der Waals surface area contributed by atoms with Crippen LogP contribution in [-0.4, -0.2) is 44.1 Å². The molecule has 6 nitrogen and oxygen atoms in total. The molecule has 2 rings (SSSR count). The molecule has 0 bridgehead atoms. The van der Waals surface area contributed by atoms with Crippen molar-refractivity contribution in [3.63, 3.8) is 0 Å². The number of amides is 1. The summed E-state index contributed by atoms with van der Waals surface area (Å²) in [5, 5.41) is 13.3. The Bertz CT molecular complexity index is 521. The summed E-state index contributed by atoms with van der Waals surface area (Å²) < 4.78 is 3.87. The van der Waals surface area contributed by atoms with Crippen LogP contribution in [0.5, 0.6) is 0 Å². The van der Waals surface area contributed by atoms with Gasteiger partial charge in [0.2, 0.25) is 0 Å². The number of carbonyl (C=O) groups excluding carboxylic acids is 1. The second-order valence-corrected chi connectivity index (χ2v) is 6.80. The Morgan fingerprint density at radius 1 is 1.35 bits per heavy atom. The number of carboxylic acid groups (broad SMARTS) is 1. The minimum atomic E-state index is -0.937. The maximum atomic E-state index is 12.6. The van der Waals surface area contributed by atoms with Crippen molar-refractivity contribution in [1.29, 1.82) is 0 Å². The molecule has 1 aliphatic heterocycles. The summed E-state index contributed by atoms with van der Waals surface area (Å²) in [6.45, 7) is 6.37. The molecule has 1 aliphatic rings. The van der Waals surface area contributed by atoms with E-state index >= 15 is 0 Å². The third kappa shape index (κ3) is 2.82. The van der Waals surface area contributed by atoms with Crippen LogP contribution in [0.2, 0.25) is 0 Å². The van der Waals surface area contributed by atoms with Crippen molar-refractivity contribution in [2.24, 2.45) is 0 Å². The number of nitrogens with zero attached hydrogens (tertiary/aromatic N) is 3. The van der Waals surface area contributed by atoms with E-state index in [1.807, 2.05) is 20.8 Å². The van der Waals surface area contributed by atoms with Crippen LogP contribution in [0.25, 0.3) is 0 Å². The van der Waals surface area contributed by atoms with Crippen LogP contribution in [0.4, 0.5) is 0 Å². The van der Waals surface area contributed by atoms with Crippen molar-refractivity contribution < 1.29 is 14.7 Å². The first-order valence-electron chi connectivity index (χ1n) is 6.69. The average molecular weight is 297 g/mol. The predicted octanol–water partition coefficient (Wildman–Crippen LogP) is 1.91. The first-order valence-corrected chi connectivity index (χ1v) is 7.46. The largest absolute Gasteiger partial charge is 0.480 e. The SMILES string of the molecule is CC(C)(C)c1nnsc1C(=O)N1CCCC[C@@H]1C(=O)O. The van der Waals surface area contributed by atoms with Gasteiger partial charge >= 0.3 is 5.97 Å². The number of carboxylic acids is 1. The van der Waals surface area contributed by atoms with Crippen molar-refractivity contribution in [2.75, 3.05) is 6.54 Å². The van der Waals surface area contributed by atoms with Gasteiger partial charge in [-0.25, -0.2) is 4.79 Å². The number of aromatic nitrogens is 2. The lowest BCUT2D eigenvalue weighted by molar-refractivity contribution is -0.143. The number of carbonyl (C=O) groups is 2. The van der Waals surface area contributed by atoms with Crippen LogP contribution in [-0.2, 0) is 10.2 Å². The number of rotatable bonds is 2. The van der Waals surface area contributed by atoms with Crippen LogP contribution in [0.1, 0.15) is 55.4 Å². The average Bonchev–Trinajstić information content (AvgIpc) is 2.87. The molecule has 2 heterocycles. The molecule has 0 aliphatic carbocycles. The highest BCUT2D eigenvalue weighted by Gasteiger charge is 2.36. The number of hydrogen-bond acceptors (Lipinski definition) is 5. The summed E-state index contributed by atoms with van der Waals surface area (Å²) >= 11 is 1.05. The third-order valence-electron chi connectivity index (χ3n) is 3.44. The molecule has 0 saturated carbocycles. The molecule has 1 atom stereocenters. The quantitative estimate of drug-likeness (QED) is 0.901. The van der Waals surface area contributed by atoms with Gasteiger partial charge < -0.3 is 10.0 Å². The third-order valence-corrected chi connectivity index (χ3v) is 4.16. The summed E-state index contributed by atoms with van der Waals surface area (Å²) in [5.41, 5.74) is 0.356. The fraction of sp³-hybridized carbons (Fsp3) is 0.692. The van der Waals surface area contributed by atoms with Gasteiger partial charge in [0, 0.05) is 12.0 Å². The summed E-state index contributed by atoms with van der Waals surface area (Å²) in [6, 6.07) is -0.730. The van der Waals surface area contributed by atoms with Crippen molar-refractivity contribution in [3.8, 4) is 0 Å². The second kappa shape index (κ2) is 5.47. The van der Waals surface area contributed by atoms with Crippen molar-refractivity contribution in [1.82, 2.24) is 14.5 Å². The molecular weight excluding hydrogens is 278 g/mol. The molecule has 1 amide bonds. The van der Waals surface area contributed by atoms with Crippen LogP contribution in [0.15, 0.2) is 0 Å². The predicted molar refractivity (Wildman–Crippen MR) is 74.9 cm³/mol. The van der Waals surface area contributed by atoms with Gasteiger partial charge in [-0.3, -0.25) is 4.79 Å². The minimum Gasteiger partial charge on any atom is -0.480 e. The molecule has 1 saturated heterocycles. The van der Waals surface area contributed by atoms with Crippen LogP contribution in [0.3, 0.4) is 0 Å². The first-order chi connectivity index (χ1) is 9.32. The highest BCUT2D eigenvalue weighted by atomic mass is 32.1. The zero-order valence-corrected chi connectivity index (χ0v) is 12.7. The Balaban J connectivity index is 2.31. The smallest absolute Gasteiger partial charge is 0.326 e. The van der Waals surface area contributed by atoms with Gasteiger partial charge in [-0.05, 0) is 30.8 Å². The van der Waals surface area contributed by atoms with Crippen LogP contribution in [0, 0.1) is 0 Å². The van der Waals surface area contributed by atoms with Gasteiger partial charge in [0.1, 0.15) is 10.9 Å². The van der Waals surface area contributed by atoms with E-state index < -0.39 is 12.0 Å². The Morgan fingerprint density at radius 3 is 2.65 bits per heavy atom. The van der Waals surface area contributed by atoms with E-state index in [1.165, 1.54) is 4.90 Å². The molecular formula is C13H19N3O3S. The monoisotopic (exact) mass is 297 g/mol. The van der Waals surface area contributed by atoms with Crippen LogP contribution < -0.4 is 0 Å². The minimum absolute atomic E-state index is 0.253. The van der Waals surface area contributed by atoms with Crippen molar-refractivity contribution in [2.45, 2.75) is 51.5 Å². The van der Waals surface area contributed by atoms with Gasteiger partial charge in [0.15, 0.2) is 0 Å². The van der Waals surface area contributed by atoms with E-state index in [4.69, 9.17) is 0 Å². The van der Waals surface area contributed by atoms with E-state index in [-0.39, 0.29) is 11.3 Å². The Morgan fingerprint density at radius 2 is 2.05 bits per heavy atom. The van der Waals surface area contributed by atoms with Gasteiger partial charge in [0.25, 0.3) is 5.91 Å². The number of aliphatic carboxylic acids is 1. The molecule has 0 aromatic carbocycles. The van der Waals surface area contributed by atoms with Gasteiger partial charge in [-0.2, -0.15) is 0 Å². The lowest BCUT2D eigenvalue weighted by atomic mass is 9.91. The maximum absolute atomic E-state index is 12.6. The summed E-state index contributed by atoms with van der Waals surface area (Å²) in [5.74, 6) is -1.19. The lowest BCUT2D eigenvalue weighted by Gasteiger charge is -2.33. The van der Waals surface area contributed by atoms with Gasteiger partial charge in [-0.1, -0.05) is 25.3 Å². The van der Waals surface area contributed by atoms with Gasteiger partial charge in [-0.15, -0.1) is 5.10 Å². The van der Waals surface area contributed by atoms with Gasteiger partial charge in [0.05, 0.1) is 5.69 Å². The van der Waals surface area contributed by atoms with E-state index in [9.17, 15) is 14.7 Å². The zero-order chi connectivity index (χ0) is 14.9. The molecule has 0 unspecified atom stereocenters. The van der Waals surface area contributed by atoms with E-state index in [2.05, 4.69) is 9.59 Å². The Hall–Kier alpha value is -1.50. The maximum Gasteiger partial charge on any atom is 0.326 e. The molecule has 7 heteroatoms. The molecule has 1 fully saturated rings. The fourth-order valence-electron chi connectivity index (χ4n) is 2.38.